The first kappa shape index (κ1) is 15.7. The molecular formula is C15H21BrFNO2. The summed E-state index contributed by atoms with van der Waals surface area (Å²) in [6.45, 7) is 4.45. The maximum absolute atomic E-state index is 13.5. The largest absolute Gasteiger partial charge is 0.488 e. The summed E-state index contributed by atoms with van der Waals surface area (Å²) in [5.74, 6) is -0.0668. The van der Waals surface area contributed by atoms with Crippen molar-refractivity contribution in [1.82, 2.24) is 5.32 Å². The highest BCUT2D eigenvalue weighted by Crippen LogP contribution is 2.24. The van der Waals surface area contributed by atoms with Gasteiger partial charge in [0.15, 0.2) is 11.6 Å². The van der Waals surface area contributed by atoms with E-state index in [0.717, 1.165) is 36.8 Å². The number of hydrogen-bond donors (Lipinski definition) is 1. The van der Waals surface area contributed by atoms with Gasteiger partial charge in [0, 0.05) is 11.0 Å². The van der Waals surface area contributed by atoms with Gasteiger partial charge in [-0.15, -0.1) is 0 Å². The fourth-order valence-electron chi connectivity index (χ4n) is 2.26. The molecule has 1 aromatic rings. The summed E-state index contributed by atoms with van der Waals surface area (Å²) in [7, 11) is 0. The van der Waals surface area contributed by atoms with Crippen molar-refractivity contribution in [3.63, 3.8) is 0 Å². The molecule has 0 bridgehead atoms. The van der Waals surface area contributed by atoms with Crippen molar-refractivity contribution < 1.29 is 13.9 Å². The summed E-state index contributed by atoms with van der Waals surface area (Å²) in [6.07, 6.45) is 3.44. The van der Waals surface area contributed by atoms with Crippen LogP contribution in [0.15, 0.2) is 22.7 Å². The summed E-state index contributed by atoms with van der Waals surface area (Å²) >= 11 is 3.31. The van der Waals surface area contributed by atoms with Gasteiger partial charge < -0.3 is 14.8 Å². The van der Waals surface area contributed by atoms with E-state index in [4.69, 9.17) is 9.47 Å². The van der Waals surface area contributed by atoms with E-state index in [9.17, 15) is 4.39 Å². The van der Waals surface area contributed by atoms with E-state index >= 15 is 0 Å². The topological polar surface area (TPSA) is 30.5 Å². The van der Waals surface area contributed by atoms with Gasteiger partial charge >= 0.3 is 0 Å². The van der Waals surface area contributed by atoms with Crippen LogP contribution in [0.5, 0.6) is 5.75 Å². The Kier molecular flexibility index (Phi) is 6.26. The summed E-state index contributed by atoms with van der Waals surface area (Å²) in [6, 6.07) is 4.70. The maximum atomic E-state index is 13.5. The molecule has 0 amide bonds. The zero-order chi connectivity index (χ0) is 14.4. The Bertz CT molecular complexity index is 430. The van der Waals surface area contributed by atoms with Crippen molar-refractivity contribution in [3.8, 4) is 5.75 Å². The molecule has 2 unspecified atom stereocenters. The molecule has 1 heterocycles. The number of rotatable bonds is 7. The van der Waals surface area contributed by atoms with E-state index in [0.29, 0.717) is 6.61 Å². The summed E-state index contributed by atoms with van der Waals surface area (Å²) < 4.78 is 25.7. The summed E-state index contributed by atoms with van der Waals surface area (Å²) in [5, 5.41) is 3.36. The molecule has 0 aliphatic carbocycles. The van der Waals surface area contributed by atoms with Gasteiger partial charge in [0.05, 0.1) is 12.2 Å². The molecule has 2 rings (SSSR count). The SMILES string of the molecule is CCCNCC1CCC(COc2cc(Br)ccc2F)O1. The van der Waals surface area contributed by atoms with E-state index in [1.807, 2.05) is 0 Å². The molecule has 1 saturated heterocycles. The molecule has 20 heavy (non-hydrogen) atoms. The van der Waals surface area contributed by atoms with Crippen molar-refractivity contribution in [1.29, 1.82) is 0 Å². The van der Waals surface area contributed by atoms with Gasteiger partial charge in [0.1, 0.15) is 6.61 Å². The van der Waals surface area contributed by atoms with Gasteiger partial charge in [-0.1, -0.05) is 22.9 Å². The fourth-order valence-corrected chi connectivity index (χ4v) is 2.60. The number of ether oxygens (including phenoxy) is 2. The highest BCUT2D eigenvalue weighted by atomic mass is 79.9. The fraction of sp³-hybridized carbons (Fsp3) is 0.600. The Balaban J connectivity index is 1.74. The van der Waals surface area contributed by atoms with Crippen LogP contribution in [-0.4, -0.2) is 31.9 Å². The minimum Gasteiger partial charge on any atom is -0.488 e. The zero-order valence-electron chi connectivity index (χ0n) is 11.7. The maximum Gasteiger partial charge on any atom is 0.165 e. The van der Waals surface area contributed by atoms with Gasteiger partial charge in [-0.2, -0.15) is 0 Å². The molecule has 1 aliphatic rings. The Labute approximate surface area is 128 Å². The summed E-state index contributed by atoms with van der Waals surface area (Å²) in [4.78, 5) is 0. The molecule has 0 saturated carbocycles. The van der Waals surface area contributed by atoms with Crippen molar-refractivity contribution in [2.24, 2.45) is 0 Å². The molecule has 1 aliphatic heterocycles. The Morgan fingerprint density at radius 2 is 2.20 bits per heavy atom. The predicted octanol–water partition coefficient (Wildman–Crippen LogP) is 3.51. The molecule has 0 aromatic heterocycles. The third kappa shape index (κ3) is 4.72. The Morgan fingerprint density at radius 1 is 1.40 bits per heavy atom. The number of halogens is 2. The van der Waals surface area contributed by atoms with Crippen LogP contribution < -0.4 is 10.1 Å². The molecule has 5 heteroatoms. The Morgan fingerprint density at radius 3 is 3.00 bits per heavy atom. The molecule has 2 atom stereocenters. The van der Waals surface area contributed by atoms with E-state index in [1.54, 1.807) is 12.1 Å². The third-order valence-electron chi connectivity index (χ3n) is 3.31. The van der Waals surface area contributed by atoms with E-state index < -0.39 is 0 Å². The Hall–Kier alpha value is -0.650. The normalized spacial score (nSPS) is 22.1. The molecule has 1 fully saturated rings. The monoisotopic (exact) mass is 345 g/mol. The molecule has 1 N–H and O–H groups in total. The van der Waals surface area contributed by atoms with E-state index in [2.05, 4.69) is 28.2 Å². The molecule has 1 aromatic carbocycles. The highest BCUT2D eigenvalue weighted by Gasteiger charge is 2.25. The van der Waals surface area contributed by atoms with E-state index in [-0.39, 0.29) is 23.8 Å². The number of nitrogens with one attached hydrogen (secondary N) is 1. The average molecular weight is 346 g/mol. The minimum atomic E-state index is -0.340. The molecule has 3 nitrogen and oxygen atoms in total. The van der Waals surface area contributed by atoms with Crippen LogP contribution >= 0.6 is 15.9 Å². The van der Waals surface area contributed by atoms with E-state index in [1.165, 1.54) is 6.07 Å². The average Bonchev–Trinajstić information content (AvgIpc) is 2.88. The van der Waals surface area contributed by atoms with Crippen molar-refractivity contribution in [2.75, 3.05) is 19.7 Å². The van der Waals surface area contributed by atoms with Crippen LogP contribution in [-0.2, 0) is 4.74 Å². The van der Waals surface area contributed by atoms with Gasteiger partial charge in [-0.25, -0.2) is 4.39 Å². The lowest BCUT2D eigenvalue weighted by atomic mass is 10.2. The first-order valence-corrected chi connectivity index (χ1v) is 7.92. The van der Waals surface area contributed by atoms with Crippen LogP contribution in [0.3, 0.4) is 0 Å². The van der Waals surface area contributed by atoms with Crippen molar-refractivity contribution in [3.05, 3.63) is 28.5 Å². The third-order valence-corrected chi connectivity index (χ3v) is 3.81. The minimum absolute atomic E-state index is 0.0572. The van der Waals surface area contributed by atoms with Crippen LogP contribution in [0.2, 0.25) is 0 Å². The number of hydrogen-bond acceptors (Lipinski definition) is 3. The second-order valence-electron chi connectivity index (χ2n) is 5.05. The quantitative estimate of drug-likeness (QED) is 0.767. The number of benzene rings is 1. The standard InChI is InChI=1S/C15H21BrFNO2/c1-2-7-18-9-12-4-5-13(20-12)10-19-15-8-11(16)3-6-14(15)17/h3,6,8,12-13,18H,2,4-5,7,9-10H2,1H3. The lowest BCUT2D eigenvalue weighted by Gasteiger charge is -2.15. The lowest BCUT2D eigenvalue weighted by Crippen LogP contribution is -2.28. The molecular weight excluding hydrogens is 325 g/mol. The second kappa shape index (κ2) is 7.96. The van der Waals surface area contributed by atoms with Crippen LogP contribution in [0.25, 0.3) is 0 Å². The van der Waals surface area contributed by atoms with Crippen LogP contribution in [0, 0.1) is 5.82 Å². The van der Waals surface area contributed by atoms with Gasteiger partial charge in [-0.05, 0) is 44.0 Å². The molecule has 0 spiro atoms. The lowest BCUT2D eigenvalue weighted by molar-refractivity contribution is 0.0179. The van der Waals surface area contributed by atoms with Gasteiger partial charge in [0.25, 0.3) is 0 Å². The van der Waals surface area contributed by atoms with Gasteiger partial charge in [0.2, 0.25) is 0 Å². The summed E-state index contributed by atoms with van der Waals surface area (Å²) in [5.41, 5.74) is 0. The van der Waals surface area contributed by atoms with Crippen LogP contribution in [0.1, 0.15) is 26.2 Å². The first-order valence-electron chi connectivity index (χ1n) is 7.13. The van der Waals surface area contributed by atoms with Crippen LogP contribution in [0.4, 0.5) is 4.39 Å². The smallest absolute Gasteiger partial charge is 0.165 e. The molecule has 0 radical (unpaired) electrons. The van der Waals surface area contributed by atoms with Crippen molar-refractivity contribution in [2.45, 2.75) is 38.4 Å². The molecule has 112 valence electrons. The van der Waals surface area contributed by atoms with Gasteiger partial charge in [-0.3, -0.25) is 0 Å². The highest BCUT2D eigenvalue weighted by molar-refractivity contribution is 9.10. The zero-order valence-corrected chi connectivity index (χ0v) is 13.3. The predicted molar refractivity (Wildman–Crippen MR) is 80.7 cm³/mol. The van der Waals surface area contributed by atoms with Crippen molar-refractivity contribution >= 4 is 15.9 Å². The first-order chi connectivity index (χ1) is 9.69. The second-order valence-corrected chi connectivity index (χ2v) is 5.96.